The molecular formula is C30H33N3O10. The van der Waals surface area contributed by atoms with E-state index in [-0.39, 0.29) is 35.9 Å². The van der Waals surface area contributed by atoms with Crippen molar-refractivity contribution in [2.75, 3.05) is 26.8 Å². The molecule has 0 aliphatic carbocycles. The summed E-state index contributed by atoms with van der Waals surface area (Å²) in [7, 11) is 1.47. The predicted octanol–water partition coefficient (Wildman–Crippen LogP) is 0.495. The number of esters is 2. The number of hydrogen-bond acceptors (Lipinski definition) is 11. The molecule has 3 N–H and O–H groups in total. The van der Waals surface area contributed by atoms with Crippen LogP contribution in [-0.4, -0.2) is 96.3 Å². The van der Waals surface area contributed by atoms with Gasteiger partial charge in [0.1, 0.15) is 28.9 Å². The van der Waals surface area contributed by atoms with Crippen molar-refractivity contribution in [3.63, 3.8) is 0 Å². The van der Waals surface area contributed by atoms with E-state index in [1.54, 1.807) is 30.0 Å². The molecule has 13 heteroatoms. The molecule has 2 amide bonds. The molecule has 43 heavy (non-hydrogen) atoms. The van der Waals surface area contributed by atoms with Crippen molar-refractivity contribution < 1.29 is 48.0 Å². The summed E-state index contributed by atoms with van der Waals surface area (Å²) in [5.41, 5.74) is -0.395. The monoisotopic (exact) mass is 595 g/mol. The topological polar surface area (TPSA) is 173 Å². The first-order valence-electron chi connectivity index (χ1n) is 13.7. The van der Waals surface area contributed by atoms with Crippen molar-refractivity contribution in [3.8, 4) is 5.75 Å². The third-order valence-electron chi connectivity index (χ3n) is 7.72. The van der Waals surface area contributed by atoms with Gasteiger partial charge in [-0.1, -0.05) is 18.2 Å². The number of fused-ring (bicyclic) bond motifs is 2. The molecule has 13 nitrogen and oxygen atoms in total. The zero-order valence-corrected chi connectivity index (χ0v) is 24.4. The van der Waals surface area contributed by atoms with Gasteiger partial charge in [0.2, 0.25) is 6.10 Å². The number of amides is 2. The normalized spacial score (nSPS) is 25.3. The van der Waals surface area contributed by atoms with Gasteiger partial charge in [-0.05, 0) is 49.2 Å². The van der Waals surface area contributed by atoms with Crippen molar-refractivity contribution in [1.29, 1.82) is 0 Å². The van der Waals surface area contributed by atoms with Crippen LogP contribution in [0.3, 0.4) is 0 Å². The average molecular weight is 596 g/mol. The van der Waals surface area contributed by atoms with Gasteiger partial charge in [-0.2, -0.15) is 0 Å². The molecule has 0 aromatic heterocycles. The fraction of sp³-hybridized carbons (Fsp3) is 0.433. The van der Waals surface area contributed by atoms with Gasteiger partial charge in [-0.25, -0.2) is 4.79 Å². The van der Waals surface area contributed by atoms with Crippen molar-refractivity contribution >= 4 is 40.3 Å². The summed E-state index contributed by atoms with van der Waals surface area (Å²) in [4.78, 5) is 65.8. The zero-order valence-electron chi connectivity index (χ0n) is 24.4. The number of hydrogen-bond donors (Lipinski definition) is 3. The Labute approximate surface area is 247 Å². The summed E-state index contributed by atoms with van der Waals surface area (Å²) in [5, 5.41) is 17.0. The summed E-state index contributed by atoms with van der Waals surface area (Å²) >= 11 is 0. The average Bonchev–Trinajstić information content (AvgIpc) is 3.88. The number of piperidine rings is 1. The summed E-state index contributed by atoms with van der Waals surface area (Å²) in [5.74, 6) is -3.19. The minimum Gasteiger partial charge on any atom is -0.497 e. The SMILES string of the molecule is COc1cc(C(=O)OC(C(=O)NC(C(=O)NCC(C)=O)=C2C(OC(C)=O)C(O)C3CN23)C2(C)CO2)c2cccc(C)c2c1. The highest BCUT2D eigenvalue weighted by Crippen LogP contribution is 2.42. The third kappa shape index (κ3) is 5.90. The van der Waals surface area contributed by atoms with E-state index in [1.165, 1.54) is 20.1 Å². The van der Waals surface area contributed by atoms with Gasteiger partial charge in [0, 0.05) is 13.5 Å². The first-order valence-corrected chi connectivity index (χ1v) is 13.7. The number of epoxide rings is 1. The van der Waals surface area contributed by atoms with E-state index < -0.39 is 53.7 Å². The predicted molar refractivity (Wildman–Crippen MR) is 150 cm³/mol. The number of ether oxygens (including phenoxy) is 4. The molecule has 3 fully saturated rings. The van der Waals surface area contributed by atoms with E-state index in [1.807, 2.05) is 13.0 Å². The maximum atomic E-state index is 13.8. The van der Waals surface area contributed by atoms with E-state index in [0.29, 0.717) is 17.7 Å². The Morgan fingerprint density at radius 3 is 2.51 bits per heavy atom. The van der Waals surface area contributed by atoms with Crippen LogP contribution in [0.4, 0.5) is 0 Å². The molecule has 5 rings (SSSR count). The van der Waals surface area contributed by atoms with Crippen LogP contribution in [0.15, 0.2) is 41.7 Å². The van der Waals surface area contributed by atoms with Crippen molar-refractivity contribution in [1.82, 2.24) is 15.5 Å². The molecule has 0 bridgehead atoms. The summed E-state index contributed by atoms with van der Waals surface area (Å²) < 4.78 is 22.0. The smallest absolute Gasteiger partial charge is 0.339 e. The molecule has 3 heterocycles. The molecule has 0 radical (unpaired) electrons. The lowest BCUT2D eigenvalue weighted by atomic mass is 9.99. The number of carbonyl (C=O) groups is 5. The highest BCUT2D eigenvalue weighted by atomic mass is 16.6. The number of rotatable bonds is 10. The largest absolute Gasteiger partial charge is 0.497 e. The zero-order chi connectivity index (χ0) is 31.2. The van der Waals surface area contributed by atoms with E-state index in [2.05, 4.69) is 10.6 Å². The Bertz CT molecular complexity index is 1560. The summed E-state index contributed by atoms with van der Waals surface area (Å²) in [6.45, 7) is 6.03. The maximum absolute atomic E-state index is 13.8. The van der Waals surface area contributed by atoms with Gasteiger partial charge in [0.05, 0.1) is 37.6 Å². The molecule has 5 atom stereocenters. The fourth-order valence-electron chi connectivity index (χ4n) is 5.25. The second-order valence-corrected chi connectivity index (χ2v) is 11.1. The minimum atomic E-state index is -1.51. The molecule has 5 unspecified atom stereocenters. The fourth-order valence-corrected chi connectivity index (χ4v) is 5.25. The molecule has 0 spiro atoms. The second-order valence-electron chi connectivity index (χ2n) is 11.1. The van der Waals surface area contributed by atoms with Crippen molar-refractivity contribution in [3.05, 3.63) is 52.9 Å². The number of methoxy groups -OCH3 is 1. The summed E-state index contributed by atoms with van der Waals surface area (Å²) in [6, 6.07) is 8.33. The van der Waals surface area contributed by atoms with Crippen LogP contribution in [0.2, 0.25) is 0 Å². The van der Waals surface area contributed by atoms with E-state index >= 15 is 0 Å². The number of aryl methyl sites for hydroxylation is 1. The lowest BCUT2D eigenvalue weighted by Crippen LogP contribution is -2.49. The van der Waals surface area contributed by atoms with Crippen LogP contribution in [0, 0.1) is 6.92 Å². The van der Waals surface area contributed by atoms with Crippen molar-refractivity contribution in [2.45, 2.75) is 57.6 Å². The number of ketones is 1. The molecular weight excluding hydrogens is 562 g/mol. The number of benzene rings is 2. The number of nitrogens with one attached hydrogen (secondary N) is 2. The van der Waals surface area contributed by atoms with E-state index in [9.17, 15) is 29.1 Å². The molecule has 3 aliphatic heterocycles. The van der Waals surface area contributed by atoms with Crippen LogP contribution >= 0.6 is 0 Å². The molecule has 3 saturated heterocycles. The minimum absolute atomic E-state index is 0.0725. The van der Waals surface area contributed by atoms with Crippen LogP contribution < -0.4 is 15.4 Å². The quantitative estimate of drug-likeness (QED) is 0.198. The highest BCUT2D eigenvalue weighted by Gasteiger charge is 2.59. The Morgan fingerprint density at radius 2 is 1.88 bits per heavy atom. The molecule has 228 valence electrons. The van der Waals surface area contributed by atoms with Gasteiger partial charge in [0.15, 0.2) is 6.10 Å². The third-order valence-corrected chi connectivity index (χ3v) is 7.72. The van der Waals surface area contributed by atoms with Gasteiger partial charge in [0.25, 0.3) is 11.8 Å². The maximum Gasteiger partial charge on any atom is 0.339 e. The standard InChI is InChI=1S/C30H33N3O10/c1-14-7-6-8-18-19(14)9-17(40-5)10-20(18)29(39)43-26(30(4)13-41-30)28(38)32-22(27(37)31-11-15(2)34)23-25(42-16(3)35)24(36)21-12-33(21)23/h6-10,21,24-26,36H,11-13H2,1-5H3,(H,31,37)(H,32,38). The lowest BCUT2D eigenvalue weighted by molar-refractivity contribution is -0.148. The Kier molecular flexibility index (Phi) is 7.88. The number of aliphatic hydroxyl groups excluding tert-OH is 1. The van der Waals surface area contributed by atoms with E-state index in [4.69, 9.17) is 18.9 Å². The Balaban J connectivity index is 1.49. The van der Waals surface area contributed by atoms with Gasteiger partial charge < -0.3 is 39.6 Å². The lowest BCUT2D eigenvalue weighted by Gasteiger charge is -2.25. The van der Waals surface area contributed by atoms with Gasteiger partial charge >= 0.3 is 11.9 Å². The Hall–Kier alpha value is -4.49. The van der Waals surface area contributed by atoms with Gasteiger partial charge in [-0.3, -0.25) is 19.2 Å². The highest BCUT2D eigenvalue weighted by molar-refractivity contribution is 6.07. The van der Waals surface area contributed by atoms with E-state index in [0.717, 1.165) is 17.9 Å². The number of nitrogens with zero attached hydrogens (tertiary/aromatic N) is 1. The van der Waals surface area contributed by atoms with Crippen LogP contribution in [0.25, 0.3) is 10.8 Å². The number of aliphatic hydroxyl groups is 1. The molecule has 0 saturated carbocycles. The van der Waals surface area contributed by atoms with Crippen LogP contribution in [0.5, 0.6) is 5.75 Å². The summed E-state index contributed by atoms with van der Waals surface area (Å²) in [6.07, 6.45) is -3.89. The second kappa shape index (κ2) is 11.3. The number of Topliss-reactive ketones (excluding diaryl/α,β-unsaturated/α-hetero) is 1. The molecule has 2 aromatic rings. The molecule has 2 aromatic carbocycles. The molecule has 3 aliphatic rings. The van der Waals surface area contributed by atoms with Gasteiger partial charge in [-0.15, -0.1) is 0 Å². The first kappa shape index (κ1) is 30.0. The van der Waals surface area contributed by atoms with Crippen LogP contribution in [0.1, 0.15) is 36.7 Å². The van der Waals surface area contributed by atoms with Crippen molar-refractivity contribution in [2.24, 2.45) is 0 Å². The first-order chi connectivity index (χ1) is 20.3. The Morgan fingerprint density at radius 1 is 1.16 bits per heavy atom. The van der Waals surface area contributed by atoms with Crippen LogP contribution in [-0.2, 0) is 33.4 Å². The number of carbonyl (C=O) groups excluding carboxylic acids is 5.